The lowest BCUT2D eigenvalue weighted by Crippen LogP contribution is -2.36. The minimum atomic E-state index is -0.603. The highest BCUT2D eigenvalue weighted by atomic mass is 35.5. The molecule has 0 spiro atoms. The van der Waals surface area contributed by atoms with Crippen LogP contribution in [0.3, 0.4) is 0 Å². The van der Waals surface area contributed by atoms with Crippen LogP contribution < -0.4 is 10.6 Å². The Bertz CT molecular complexity index is 872. The van der Waals surface area contributed by atoms with E-state index in [0.717, 1.165) is 6.07 Å². The number of nitrogens with zero attached hydrogens (tertiary/aromatic N) is 1. The first kappa shape index (κ1) is 20.3. The van der Waals surface area contributed by atoms with E-state index >= 15 is 0 Å². The van der Waals surface area contributed by atoms with Gasteiger partial charge in [0, 0.05) is 25.3 Å². The van der Waals surface area contributed by atoms with E-state index in [0.29, 0.717) is 12.3 Å². The van der Waals surface area contributed by atoms with Crippen molar-refractivity contribution in [2.24, 2.45) is 0 Å². The van der Waals surface area contributed by atoms with Crippen molar-refractivity contribution in [1.29, 1.82) is 0 Å². The van der Waals surface area contributed by atoms with Crippen LogP contribution in [0, 0.1) is 10.1 Å². The molecule has 0 saturated heterocycles. The Morgan fingerprint density at radius 2 is 1.89 bits per heavy atom. The van der Waals surface area contributed by atoms with Crippen LogP contribution in [0.2, 0.25) is 5.02 Å². The van der Waals surface area contributed by atoms with E-state index in [1.54, 1.807) is 31.2 Å². The Labute approximate surface area is 160 Å². The molecule has 0 saturated carbocycles. The molecular weight excluding hydrogens is 374 g/mol. The highest BCUT2D eigenvalue weighted by Crippen LogP contribution is 2.24. The molecule has 1 unspecified atom stereocenters. The molecule has 0 aliphatic heterocycles. The average molecular weight is 392 g/mol. The van der Waals surface area contributed by atoms with Gasteiger partial charge in [0.2, 0.25) is 0 Å². The van der Waals surface area contributed by atoms with E-state index in [1.165, 1.54) is 19.2 Å². The second-order valence-electron chi connectivity index (χ2n) is 5.75. The predicted octanol–water partition coefficient (Wildman–Crippen LogP) is 3.27. The highest BCUT2D eigenvalue weighted by molar-refractivity contribution is 6.34. The summed E-state index contributed by atoms with van der Waals surface area (Å²) in [5, 5.41) is 16.1. The number of ether oxygens (including phenoxy) is 1. The summed E-state index contributed by atoms with van der Waals surface area (Å²) >= 11 is 5.98. The molecule has 142 valence electrons. The van der Waals surface area contributed by atoms with Crippen LogP contribution in [0.1, 0.15) is 27.6 Å². The van der Waals surface area contributed by atoms with Gasteiger partial charge in [-0.2, -0.15) is 0 Å². The zero-order valence-corrected chi connectivity index (χ0v) is 15.4. The van der Waals surface area contributed by atoms with Crippen molar-refractivity contribution in [3.8, 4) is 0 Å². The van der Waals surface area contributed by atoms with Crippen molar-refractivity contribution in [3.63, 3.8) is 0 Å². The molecule has 27 heavy (non-hydrogen) atoms. The molecule has 2 aromatic carbocycles. The van der Waals surface area contributed by atoms with Crippen LogP contribution in [0.15, 0.2) is 42.5 Å². The molecule has 2 aromatic rings. The summed E-state index contributed by atoms with van der Waals surface area (Å²) in [6.07, 6.45) is 0. The number of nitrogens with one attached hydrogen (secondary N) is 2. The third-order valence-electron chi connectivity index (χ3n) is 3.62. The Morgan fingerprint density at radius 3 is 2.52 bits per heavy atom. The van der Waals surface area contributed by atoms with Gasteiger partial charge >= 0.3 is 0 Å². The number of carbonyl (C=O) groups excluding carboxylic acids is 2. The largest absolute Gasteiger partial charge is 0.383 e. The summed E-state index contributed by atoms with van der Waals surface area (Å²) in [5.74, 6) is -0.953. The third kappa shape index (κ3) is 5.25. The Morgan fingerprint density at radius 1 is 1.19 bits per heavy atom. The van der Waals surface area contributed by atoms with E-state index in [4.69, 9.17) is 16.3 Å². The highest BCUT2D eigenvalue weighted by Gasteiger charge is 2.18. The molecule has 0 bridgehead atoms. The van der Waals surface area contributed by atoms with Gasteiger partial charge < -0.3 is 15.4 Å². The number of non-ortho nitro benzene ring substituents is 1. The fourth-order valence-electron chi connectivity index (χ4n) is 2.37. The van der Waals surface area contributed by atoms with Gasteiger partial charge in [-0.05, 0) is 25.1 Å². The van der Waals surface area contributed by atoms with Crippen molar-refractivity contribution in [2.45, 2.75) is 13.0 Å². The van der Waals surface area contributed by atoms with Crippen LogP contribution in [-0.2, 0) is 4.74 Å². The summed E-state index contributed by atoms with van der Waals surface area (Å²) in [4.78, 5) is 35.1. The maximum Gasteiger partial charge on any atom is 0.270 e. The summed E-state index contributed by atoms with van der Waals surface area (Å²) in [6, 6.07) is 9.82. The van der Waals surface area contributed by atoms with Crippen LogP contribution in [0.25, 0.3) is 0 Å². The molecule has 0 aliphatic carbocycles. The fraction of sp³-hybridized carbons (Fsp3) is 0.222. The number of anilines is 1. The lowest BCUT2D eigenvalue weighted by atomic mass is 10.1. The Kier molecular flexibility index (Phi) is 6.86. The standard InChI is InChI=1S/C18H18ClN3O5/c1-11(10-27-2)20-18(24)14-5-3-4-6-16(14)21-17(23)13-8-7-12(22(25)26)9-15(13)19/h3-9,11H,10H2,1-2H3,(H,20,24)(H,21,23). The zero-order valence-electron chi connectivity index (χ0n) is 14.7. The number of nitro benzene ring substituents is 1. The van der Waals surface area contributed by atoms with Crippen molar-refractivity contribution in [2.75, 3.05) is 19.0 Å². The van der Waals surface area contributed by atoms with Crippen LogP contribution in [0.4, 0.5) is 11.4 Å². The quantitative estimate of drug-likeness (QED) is 0.556. The number of rotatable bonds is 7. The second-order valence-corrected chi connectivity index (χ2v) is 6.16. The van der Waals surface area contributed by atoms with E-state index in [2.05, 4.69) is 10.6 Å². The van der Waals surface area contributed by atoms with Crippen molar-refractivity contribution in [3.05, 3.63) is 68.7 Å². The number of para-hydroxylation sites is 1. The van der Waals surface area contributed by atoms with E-state index in [-0.39, 0.29) is 33.8 Å². The van der Waals surface area contributed by atoms with Crippen LogP contribution >= 0.6 is 11.6 Å². The normalized spacial score (nSPS) is 11.5. The van der Waals surface area contributed by atoms with Crippen LogP contribution in [-0.4, -0.2) is 36.5 Å². The van der Waals surface area contributed by atoms with Gasteiger partial charge in [-0.3, -0.25) is 19.7 Å². The maximum absolute atomic E-state index is 12.5. The molecule has 2 N–H and O–H groups in total. The first-order valence-corrected chi connectivity index (χ1v) is 8.35. The van der Waals surface area contributed by atoms with Gasteiger partial charge in [0.1, 0.15) is 0 Å². The first-order chi connectivity index (χ1) is 12.8. The van der Waals surface area contributed by atoms with Crippen molar-refractivity contribution < 1.29 is 19.2 Å². The molecule has 0 radical (unpaired) electrons. The van der Waals surface area contributed by atoms with E-state index < -0.39 is 10.8 Å². The Balaban J connectivity index is 2.21. The monoisotopic (exact) mass is 391 g/mol. The smallest absolute Gasteiger partial charge is 0.270 e. The van der Waals surface area contributed by atoms with Crippen LogP contribution in [0.5, 0.6) is 0 Å². The lowest BCUT2D eigenvalue weighted by Gasteiger charge is -2.15. The molecular formula is C18H18ClN3O5. The molecule has 9 heteroatoms. The van der Waals surface area contributed by atoms with E-state index in [9.17, 15) is 19.7 Å². The minimum Gasteiger partial charge on any atom is -0.383 e. The molecule has 2 amide bonds. The predicted molar refractivity (Wildman–Crippen MR) is 101 cm³/mol. The van der Waals surface area contributed by atoms with Gasteiger partial charge in [0.15, 0.2) is 0 Å². The van der Waals surface area contributed by atoms with Gasteiger partial charge in [-0.15, -0.1) is 0 Å². The SMILES string of the molecule is COCC(C)NC(=O)c1ccccc1NC(=O)c1ccc([N+](=O)[O-])cc1Cl. The summed E-state index contributed by atoms with van der Waals surface area (Å²) < 4.78 is 4.99. The summed E-state index contributed by atoms with van der Waals surface area (Å²) in [5.41, 5.74) is 0.402. The van der Waals surface area contributed by atoms with Crippen molar-refractivity contribution >= 4 is 34.8 Å². The third-order valence-corrected chi connectivity index (χ3v) is 3.93. The number of halogens is 1. The number of hydrogen-bond acceptors (Lipinski definition) is 5. The molecule has 0 heterocycles. The number of methoxy groups -OCH3 is 1. The molecule has 0 aromatic heterocycles. The average Bonchev–Trinajstić information content (AvgIpc) is 2.61. The molecule has 8 nitrogen and oxygen atoms in total. The molecule has 2 rings (SSSR count). The van der Waals surface area contributed by atoms with Gasteiger partial charge in [-0.25, -0.2) is 0 Å². The summed E-state index contributed by atoms with van der Waals surface area (Å²) in [7, 11) is 1.53. The molecule has 0 fully saturated rings. The van der Waals surface area contributed by atoms with Gasteiger partial charge in [0.05, 0.1) is 33.4 Å². The van der Waals surface area contributed by atoms with E-state index in [1.807, 2.05) is 0 Å². The zero-order chi connectivity index (χ0) is 20.0. The first-order valence-electron chi connectivity index (χ1n) is 7.97. The number of nitro groups is 1. The van der Waals surface area contributed by atoms with Crippen molar-refractivity contribution in [1.82, 2.24) is 5.32 Å². The Hall–Kier alpha value is -2.97. The lowest BCUT2D eigenvalue weighted by molar-refractivity contribution is -0.384. The summed E-state index contributed by atoms with van der Waals surface area (Å²) in [6.45, 7) is 2.14. The number of amides is 2. The van der Waals surface area contributed by atoms with Gasteiger partial charge in [0.25, 0.3) is 17.5 Å². The topological polar surface area (TPSA) is 111 Å². The maximum atomic E-state index is 12.5. The molecule has 1 atom stereocenters. The fourth-order valence-corrected chi connectivity index (χ4v) is 2.64. The second kappa shape index (κ2) is 9.11. The molecule has 0 aliphatic rings. The number of hydrogen-bond donors (Lipinski definition) is 2. The minimum absolute atomic E-state index is 0.0580. The number of benzene rings is 2. The van der Waals surface area contributed by atoms with Gasteiger partial charge in [-0.1, -0.05) is 23.7 Å². The number of carbonyl (C=O) groups is 2.